The Labute approximate surface area is 226 Å². The zero-order valence-corrected chi connectivity index (χ0v) is 26.4. The summed E-state index contributed by atoms with van der Waals surface area (Å²) in [5.41, 5.74) is 11.9. The summed E-state index contributed by atoms with van der Waals surface area (Å²) in [6, 6.07) is 0. The van der Waals surface area contributed by atoms with E-state index in [2.05, 4.69) is 95.2 Å². The van der Waals surface area contributed by atoms with Gasteiger partial charge in [0.25, 0.3) is 0 Å². The number of benzene rings is 1. The molecule has 0 nitrogen and oxygen atoms in total. The van der Waals surface area contributed by atoms with Crippen LogP contribution < -0.4 is 0 Å². The van der Waals surface area contributed by atoms with E-state index < -0.39 is 0 Å². The Morgan fingerprint density at radius 1 is 0.722 bits per heavy atom. The smallest absolute Gasteiger partial charge is 0.134 e. The summed E-state index contributed by atoms with van der Waals surface area (Å²) < 4.78 is 15.7. The molecule has 206 valence electrons. The lowest BCUT2D eigenvalue weighted by molar-refractivity contribution is 0.588. The van der Waals surface area contributed by atoms with Crippen molar-refractivity contribution in [2.45, 2.75) is 122 Å². The number of halogens is 1. The van der Waals surface area contributed by atoms with Crippen LogP contribution in [0.25, 0.3) is 5.57 Å². The van der Waals surface area contributed by atoms with Gasteiger partial charge < -0.3 is 0 Å². The second-order valence-electron chi connectivity index (χ2n) is 9.97. The van der Waals surface area contributed by atoms with Gasteiger partial charge in [0.2, 0.25) is 0 Å². The Bertz CT molecular complexity index is 869. The van der Waals surface area contributed by atoms with Crippen molar-refractivity contribution in [1.29, 1.82) is 0 Å². The van der Waals surface area contributed by atoms with Gasteiger partial charge in [-0.15, -0.1) is 32.9 Å². The van der Waals surface area contributed by atoms with Gasteiger partial charge in [0.05, 0.1) is 0 Å². The number of allylic oxidation sites excluding steroid dienone is 5. The maximum atomic E-state index is 15.7. The van der Waals surface area contributed by atoms with Crippen LogP contribution in [-0.2, 0) is 0 Å². The highest BCUT2D eigenvalue weighted by Crippen LogP contribution is 2.41. The second-order valence-corrected chi connectivity index (χ2v) is 9.97. The van der Waals surface area contributed by atoms with Crippen molar-refractivity contribution in [3.63, 3.8) is 0 Å². The summed E-state index contributed by atoms with van der Waals surface area (Å²) in [5.74, 6) is 0.755. The lowest BCUT2D eigenvalue weighted by Crippen LogP contribution is -2.10. The maximum absolute atomic E-state index is 15.7. The lowest BCUT2D eigenvalue weighted by atomic mass is 9.78. The third kappa shape index (κ3) is 10.9. The number of hydrogen-bond acceptors (Lipinski definition) is 0. The minimum atomic E-state index is 0.0118. The van der Waals surface area contributed by atoms with Gasteiger partial charge in [-0.2, -0.15) is 0 Å². The molecule has 1 heteroatoms. The predicted octanol–water partition coefficient (Wildman–Crippen LogP) is 12.4. The number of rotatable bonds is 3. The molecular weight excluding hydrogens is 439 g/mol. The molecule has 1 aromatic carbocycles. The van der Waals surface area contributed by atoms with Crippen LogP contribution in [-0.4, -0.2) is 0 Å². The predicted molar refractivity (Wildman–Crippen MR) is 168 cm³/mol. The quantitative estimate of drug-likeness (QED) is 0.363. The van der Waals surface area contributed by atoms with E-state index in [1.165, 1.54) is 46.3 Å². The highest BCUT2D eigenvalue weighted by Gasteiger charge is 2.24. The molecule has 1 aliphatic carbocycles. The average Bonchev–Trinajstić information content (AvgIpc) is 2.85. The first kappa shape index (κ1) is 38.4. The molecule has 0 spiro atoms. The molecular formula is C35H59F. The van der Waals surface area contributed by atoms with Crippen molar-refractivity contribution in [3.8, 4) is 0 Å². The van der Waals surface area contributed by atoms with Crippen LogP contribution in [0.5, 0.6) is 0 Å². The molecule has 0 N–H and O–H groups in total. The fraction of sp³-hybridized carbons (Fsp3) is 0.543. The SMILES string of the molecule is C/C(=C1/CCCC/C1=C(/C)C(C)C)c1c(C)c(C)c(C)c(C(C)C)c1F.C=C.C=C.C=C(C)C.CC. The fourth-order valence-corrected chi connectivity index (χ4v) is 4.52. The average molecular weight is 499 g/mol. The van der Waals surface area contributed by atoms with Gasteiger partial charge in [-0.05, 0) is 125 Å². The van der Waals surface area contributed by atoms with E-state index in [0.29, 0.717) is 5.92 Å². The normalized spacial score (nSPS) is 15.1. The van der Waals surface area contributed by atoms with Gasteiger partial charge in [-0.25, -0.2) is 4.39 Å². The summed E-state index contributed by atoms with van der Waals surface area (Å²) in [6.07, 6.45) is 4.68. The molecule has 1 aromatic rings. The molecule has 1 saturated carbocycles. The molecule has 1 aliphatic rings. The highest BCUT2D eigenvalue weighted by molar-refractivity contribution is 5.76. The minimum Gasteiger partial charge on any atom is -0.206 e. The second kappa shape index (κ2) is 20.0. The Balaban J connectivity index is -0.000000951. The molecule has 0 aliphatic heterocycles. The first-order chi connectivity index (χ1) is 16.8. The van der Waals surface area contributed by atoms with Gasteiger partial charge in [0, 0.05) is 5.56 Å². The van der Waals surface area contributed by atoms with E-state index in [1.807, 2.05) is 27.7 Å². The summed E-state index contributed by atoms with van der Waals surface area (Å²) in [7, 11) is 0. The number of hydrogen-bond donors (Lipinski definition) is 0. The standard InChI is InChI=1S/C25H37F.C4H8.C2H6.2C2H4/c1-14(2)16(5)21-12-10-11-13-22(21)20(9)24-19(8)17(6)18(7)23(15(3)4)25(24)26;1-4(2)3;3*1-2/h14-15H,10-13H2,1-9H3;1H2,2-3H3;1-2H3;2*1-2H2/b21-16+,22-20+;;;;. The summed E-state index contributed by atoms with van der Waals surface area (Å²) in [4.78, 5) is 0. The topological polar surface area (TPSA) is 0 Å². The van der Waals surface area contributed by atoms with Crippen molar-refractivity contribution in [2.75, 3.05) is 0 Å². The van der Waals surface area contributed by atoms with E-state index in [9.17, 15) is 0 Å². The third-order valence-electron chi connectivity index (χ3n) is 6.57. The Morgan fingerprint density at radius 2 is 1.11 bits per heavy atom. The first-order valence-electron chi connectivity index (χ1n) is 13.6. The molecule has 1 fully saturated rings. The Morgan fingerprint density at radius 3 is 1.47 bits per heavy atom. The van der Waals surface area contributed by atoms with Crippen LogP contribution in [0.4, 0.5) is 4.39 Å². The monoisotopic (exact) mass is 498 g/mol. The molecule has 0 saturated heterocycles. The van der Waals surface area contributed by atoms with E-state index in [-0.39, 0.29) is 11.7 Å². The summed E-state index contributed by atoms with van der Waals surface area (Å²) >= 11 is 0. The van der Waals surface area contributed by atoms with Gasteiger partial charge in [0.1, 0.15) is 5.82 Å². The van der Waals surface area contributed by atoms with Gasteiger partial charge in [-0.3, -0.25) is 0 Å². The van der Waals surface area contributed by atoms with Gasteiger partial charge >= 0.3 is 0 Å². The highest BCUT2D eigenvalue weighted by atomic mass is 19.1. The molecule has 0 radical (unpaired) electrons. The Hall–Kier alpha value is -2.15. The largest absolute Gasteiger partial charge is 0.206 e. The van der Waals surface area contributed by atoms with Crippen LogP contribution in [0.3, 0.4) is 0 Å². The zero-order chi connectivity index (χ0) is 29.3. The van der Waals surface area contributed by atoms with Crippen molar-refractivity contribution in [2.24, 2.45) is 5.92 Å². The molecule has 0 heterocycles. The van der Waals surface area contributed by atoms with Gasteiger partial charge in [-0.1, -0.05) is 52.7 Å². The van der Waals surface area contributed by atoms with Crippen LogP contribution >= 0.6 is 0 Å². The first-order valence-corrected chi connectivity index (χ1v) is 13.6. The van der Waals surface area contributed by atoms with Crippen molar-refractivity contribution >= 4 is 5.57 Å². The van der Waals surface area contributed by atoms with Gasteiger partial charge in [0.15, 0.2) is 0 Å². The van der Waals surface area contributed by atoms with Crippen molar-refractivity contribution in [1.82, 2.24) is 0 Å². The van der Waals surface area contributed by atoms with Crippen LogP contribution in [0.1, 0.15) is 129 Å². The van der Waals surface area contributed by atoms with E-state index >= 15 is 4.39 Å². The van der Waals surface area contributed by atoms with E-state index in [4.69, 9.17) is 0 Å². The molecule has 0 aromatic heterocycles. The van der Waals surface area contributed by atoms with Crippen molar-refractivity contribution < 1.29 is 4.39 Å². The lowest BCUT2D eigenvalue weighted by Gasteiger charge is -2.27. The van der Waals surface area contributed by atoms with E-state index in [0.717, 1.165) is 35.1 Å². The molecule has 0 amide bonds. The fourth-order valence-electron chi connectivity index (χ4n) is 4.52. The Kier molecular flexibility index (Phi) is 21.3. The van der Waals surface area contributed by atoms with Crippen LogP contribution in [0, 0.1) is 32.5 Å². The molecule has 0 atom stereocenters. The van der Waals surface area contributed by atoms with Crippen molar-refractivity contribution in [3.05, 3.63) is 88.8 Å². The molecule has 36 heavy (non-hydrogen) atoms. The summed E-state index contributed by atoms with van der Waals surface area (Å²) in [5, 5.41) is 0. The molecule has 2 rings (SSSR count). The molecule has 0 unspecified atom stereocenters. The maximum Gasteiger partial charge on any atom is 0.134 e. The minimum absolute atomic E-state index is 0.0118. The third-order valence-corrected chi connectivity index (χ3v) is 6.57. The van der Waals surface area contributed by atoms with E-state index in [1.54, 1.807) is 0 Å². The zero-order valence-electron chi connectivity index (χ0n) is 26.4. The van der Waals surface area contributed by atoms with Crippen LogP contribution in [0.15, 0.2) is 55.2 Å². The van der Waals surface area contributed by atoms with Crippen LogP contribution in [0.2, 0.25) is 0 Å². The molecule has 0 bridgehead atoms. The summed E-state index contributed by atoms with van der Waals surface area (Å²) in [6.45, 7) is 43.0.